The number of hydrogen-bond acceptors (Lipinski definition) is 5. The molecule has 7 nitrogen and oxygen atoms in total. The second-order valence-corrected chi connectivity index (χ2v) is 6.50. The molecule has 0 saturated carbocycles. The van der Waals surface area contributed by atoms with E-state index in [0.717, 1.165) is 12.8 Å². The minimum Gasteiger partial charge on any atom is -0.493 e. The van der Waals surface area contributed by atoms with Gasteiger partial charge in [0.15, 0.2) is 11.5 Å². The van der Waals surface area contributed by atoms with E-state index in [0.29, 0.717) is 54.9 Å². The maximum atomic E-state index is 12.9. The standard InChI is InChI=1S/C18H26ClN3O4.ClH/c1-3-26-16-14(19)9-13(10-15(16)25-2)18(24)22-8-4-5-12(11-22)17(23)21-7-6-20;/h9-10,12H,3-8,11,20H2,1-2H3,(H,21,23);1H. The number of methoxy groups -OCH3 is 1. The first-order chi connectivity index (χ1) is 12.5. The number of amides is 2. The highest BCUT2D eigenvalue weighted by Gasteiger charge is 2.29. The summed E-state index contributed by atoms with van der Waals surface area (Å²) >= 11 is 6.26. The number of carbonyl (C=O) groups excluding carboxylic acids is 2. The Morgan fingerprint density at radius 3 is 2.78 bits per heavy atom. The summed E-state index contributed by atoms with van der Waals surface area (Å²) in [5, 5.41) is 3.11. The highest BCUT2D eigenvalue weighted by atomic mass is 35.5. The Bertz CT molecular complexity index is 658. The van der Waals surface area contributed by atoms with Gasteiger partial charge in [-0.25, -0.2) is 0 Å². The molecule has 0 spiro atoms. The molecule has 0 aliphatic carbocycles. The molecule has 1 aliphatic rings. The molecule has 1 aromatic carbocycles. The van der Waals surface area contributed by atoms with Crippen LogP contribution in [0.4, 0.5) is 0 Å². The van der Waals surface area contributed by atoms with Crippen molar-refractivity contribution in [1.29, 1.82) is 0 Å². The van der Waals surface area contributed by atoms with Gasteiger partial charge in [-0.3, -0.25) is 9.59 Å². The average Bonchev–Trinajstić information content (AvgIpc) is 2.67. The first-order valence-corrected chi connectivity index (χ1v) is 9.17. The van der Waals surface area contributed by atoms with Crippen molar-refractivity contribution in [1.82, 2.24) is 10.2 Å². The Kier molecular flexibility index (Phi) is 9.69. The summed E-state index contributed by atoms with van der Waals surface area (Å²) in [7, 11) is 1.50. The fourth-order valence-electron chi connectivity index (χ4n) is 3.03. The summed E-state index contributed by atoms with van der Waals surface area (Å²) in [4.78, 5) is 26.7. The number of hydrogen-bond donors (Lipinski definition) is 2. The molecule has 1 saturated heterocycles. The van der Waals surface area contributed by atoms with E-state index in [1.165, 1.54) is 7.11 Å². The maximum absolute atomic E-state index is 12.9. The molecule has 27 heavy (non-hydrogen) atoms. The van der Waals surface area contributed by atoms with Crippen molar-refractivity contribution in [3.05, 3.63) is 22.7 Å². The first kappa shape index (κ1) is 23.3. The Labute approximate surface area is 170 Å². The van der Waals surface area contributed by atoms with Crippen LogP contribution in [0.2, 0.25) is 5.02 Å². The van der Waals surface area contributed by atoms with Crippen LogP contribution in [0, 0.1) is 5.92 Å². The molecule has 152 valence electrons. The molecule has 1 aromatic rings. The number of rotatable bonds is 7. The van der Waals surface area contributed by atoms with E-state index in [-0.39, 0.29) is 30.1 Å². The zero-order chi connectivity index (χ0) is 19.1. The molecule has 2 amide bonds. The van der Waals surface area contributed by atoms with Crippen LogP contribution >= 0.6 is 24.0 Å². The number of benzene rings is 1. The highest BCUT2D eigenvalue weighted by Crippen LogP contribution is 2.37. The van der Waals surface area contributed by atoms with Crippen LogP contribution in [0.3, 0.4) is 0 Å². The molecule has 0 radical (unpaired) electrons. The van der Waals surface area contributed by atoms with E-state index in [2.05, 4.69) is 5.32 Å². The van der Waals surface area contributed by atoms with Crippen molar-refractivity contribution in [2.24, 2.45) is 11.7 Å². The van der Waals surface area contributed by atoms with Crippen molar-refractivity contribution in [3.63, 3.8) is 0 Å². The van der Waals surface area contributed by atoms with Gasteiger partial charge in [0.1, 0.15) is 0 Å². The third-order valence-electron chi connectivity index (χ3n) is 4.29. The number of piperidine rings is 1. The molecule has 1 fully saturated rings. The summed E-state index contributed by atoms with van der Waals surface area (Å²) < 4.78 is 10.8. The van der Waals surface area contributed by atoms with Crippen LogP contribution in [-0.2, 0) is 4.79 Å². The van der Waals surface area contributed by atoms with Crippen LogP contribution in [0.5, 0.6) is 11.5 Å². The second kappa shape index (κ2) is 11.2. The lowest BCUT2D eigenvalue weighted by Gasteiger charge is -2.32. The van der Waals surface area contributed by atoms with Gasteiger partial charge in [-0.05, 0) is 31.9 Å². The minimum atomic E-state index is -0.223. The third-order valence-corrected chi connectivity index (χ3v) is 4.57. The Hall–Kier alpha value is -1.70. The largest absolute Gasteiger partial charge is 0.493 e. The molecular weight excluding hydrogens is 393 g/mol. The zero-order valence-corrected chi connectivity index (χ0v) is 17.2. The van der Waals surface area contributed by atoms with E-state index in [4.69, 9.17) is 26.8 Å². The summed E-state index contributed by atoms with van der Waals surface area (Å²) in [6, 6.07) is 3.20. The number of nitrogens with two attached hydrogens (primary N) is 1. The van der Waals surface area contributed by atoms with Crippen molar-refractivity contribution < 1.29 is 19.1 Å². The van der Waals surface area contributed by atoms with Crippen LogP contribution in [0.25, 0.3) is 0 Å². The van der Waals surface area contributed by atoms with Crippen LogP contribution in [0.1, 0.15) is 30.1 Å². The smallest absolute Gasteiger partial charge is 0.254 e. The molecule has 3 N–H and O–H groups in total. The van der Waals surface area contributed by atoms with Crippen molar-refractivity contribution in [2.75, 3.05) is 39.9 Å². The summed E-state index contributed by atoms with van der Waals surface area (Å²) in [5.41, 5.74) is 5.83. The van der Waals surface area contributed by atoms with E-state index in [9.17, 15) is 9.59 Å². The molecule has 0 bridgehead atoms. The van der Waals surface area contributed by atoms with Crippen molar-refractivity contribution >= 4 is 35.8 Å². The summed E-state index contributed by atoms with van der Waals surface area (Å²) in [5.74, 6) is 0.377. The van der Waals surface area contributed by atoms with Gasteiger partial charge in [0.05, 0.1) is 24.7 Å². The summed E-state index contributed by atoms with van der Waals surface area (Å²) in [6.07, 6.45) is 1.53. The van der Waals surface area contributed by atoms with Gasteiger partial charge in [-0.15, -0.1) is 12.4 Å². The zero-order valence-electron chi connectivity index (χ0n) is 15.6. The lowest BCUT2D eigenvalue weighted by atomic mass is 9.96. The van der Waals surface area contributed by atoms with Gasteiger partial charge in [0.2, 0.25) is 5.91 Å². The number of nitrogens with one attached hydrogen (secondary N) is 1. The minimum absolute atomic E-state index is 0. The molecule has 0 aromatic heterocycles. The maximum Gasteiger partial charge on any atom is 0.254 e. The van der Waals surface area contributed by atoms with Crippen LogP contribution in [0.15, 0.2) is 12.1 Å². The first-order valence-electron chi connectivity index (χ1n) is 8.79. The number of halogens is 2. The van der Waals surface area contributed by atoms with Gasteiger partial charge in [-0.2, -0.15) is 0 Å². The van der Waals surface area contributed by atoms with Crippen LogP contribution in [-0.4, -0.2) is 56.6 Å². The Morgan fingerprint density at radius 1 is 1.41 bits per heavy atom. The Morgan fingerprint density at radius 2 is 2.15 bits per heavy atom. The normalized spacial score (nSPS) is 16.3. The van der Waals surface area contributed by atoms with E-state index in [1.807, 2.05) is 6.92 Å². The van der Waals surface area contributed by atoms with Crippen molar-refractivity contribution in [3.8, 4) is 11.5 Å². The lowest BCUT2D eigenvalue weighted by molar-refractivity contribution is -0.126. The molecule has 1 atom stereocenters. The van der Waals surface area contributed by atoms with Gasteiger partial charge in [-0.1, -0.05) is 11.6 Å². The molecule has 1 heterocycles. The van der Waals surface area contributed by atoms with Crippen molar-refractivity contribution in [2.45, 2.75) is 19.8 Å². The molecule has 2 rings (SSSR count). The van der Waals surface area contributed by atoms with Gasteiger partial charge in [0.25, 0.3) is 5.91 Å². The van der Waals surface area contributed by atoms with E-state index in [1.54, 1.807) is 17.0 Å². The number of likely N-dealkylation sites (tertiary alicyclic amines) is 1. The predicted molar refractivity (Wildman–Crippen MR) is 107 cm³/mol. The quantitative estimate of drug-likeness (QED) is 0.705. The SMILES string of the molecule is CCOc1c(Cl)cc(C(=O)N2CCCC(C(=O)NCCN)C2)cc1OC.Cl. The number of ether oxygens (including phenoxy) is 2. The molecule has 1 aliphatic heterocycles. The molecule has 9 heteroatoms. The lowest BCUT2D eigenvalue weighted by Crippen LogP contribution is -2.46. The van der Waals surface area contributed by atoms with Gasteiger partial charge in [0, 0.05) is 31.7 Å². The van der Waals surface area contributed by atoms with Gasteiger partial charge < -0.3 is 25.4 Å². The highest BCUT2D eigenvalue weighted by molar-refractivity contribution is 6.32. The van der Waals surface area contributed by atoms with Gasteiger partial charge >= 0.3 is 0 Å². The Balaban J connectivity index is 0.00000364. The fraction of sp³-hybridized carbons (Fsp3) is 0.556. The number of nitrogens with zero attached hydrogens (tertiary/aromatic N) is 1. The number of carbonyl (C=O) groups is 2. The molecule has 1 unspecified atom stereocenters. The van der Waals surface area contributed by atoms with E-state index >= 15 is 0 Å². The second-order valence-electron chi connectivity index (χ2n) is 6.09. The third kappa shape index (κ3) is 5.89. The van der Waals surface area contributed by atoms with Crippen LogP contribution < -0.4 is 20.5 Å². The monoisotopic (exact) mass is 419 g/mol. The topological polar surface area (TPSA) is 93.9 Å². The summed E-state index contributed by atoms with van der Waals surface area (Å²) in [6.45, 7) is 4.10. The molecular formula is C18H27Cl2N3O4. The predicted octanol–water partition coefficient (Wildman–Crippen LogP) is 2.10. The average molecular weight is 420 g/mol. The fourth-order valence-corrected chi connectivity index (χ4v) is 3.29. The van der Waals surface area contributed by atoms with E-state index < -0.39 is 0 Å².